The van der Waals surface area contributed by atoms with Crippen LogP contribution >= 0.6 is 0 Å². The van der Waals surface area contributed by atoms with E-state index in [0.717, 1.165) is 25.7 Å². The number of fused-ring (bicyclic) bond motifs is 7. The molecule has 3 saturated carbocycles. The van der Waals surface area contributed by atoms with Crippen LogP contribution in [0.3, 0.4) is 0 Å². The minimum Gasteiger partial charge on any atom is -0.394 e. The Balaban J connectivity index is 0.901. The van der Waals surface area contributed by atoms with Gasteiger partial charge in [0.05, 0.1) is 38.1 Å². The van der Waals surface area contributed by atoms with Crippen LogP contribution in [0.5, 0.6) is 0 Å². The molecule has 8 aliphatic rings. The smallest absolute Gasteiger partial charge is 0.187 e. The summed E-state index contributed by atoms with van der Waals surface area (Å²) in [7, 11) is 0. The molecule has 26 atom stereocenters. The second-order valence-corrected chi connectivity index (χ2v) is 21.1. The van der Waals surface area contributed by atoms with Crippen molar-refractivity contribution in [2.45, 2.75) is 208 Å². The monoisotopic (exact) mass is 918 g/mol. The van der Waals surface area contributed by atoms with Crippen LogP contribution in [0.2, 0.25) is 0 Å². The molecule has 7 fully saturated rings. The Hall–Kier alpha value is -1.02. The van der Waals surface area contributed by atoms with Gasteiger partial charge in [-0.2, -0.15) is 0 Å². The normalized spacial score (nSPS) is 55.5. The zero-order valence-corrected chi connectivity index (χ0v) is 37.5. The van der Waals surface area contributed by atoms with E-state index in [-0.39, 0.29) is 42.3 Å². The number of hydrogen-bond donors (Lipinski definition) is 12. The van der Waals surface area contributed by atoms with Gasteiger partial charge in [-0.3, -0.25) is 0 Å². The lowest BCUT2D eigenvalue weighted by Crippen LogP contribution is -2.64. The minimum absolute atomic E-state index is 0.101. The van der Waals surface area contributed by atoms with E-state index in [9.17, 15) is 61.3 Å². The predicted molar refractivity (Wildman–Crippen MR) is 219 cm³/mol. The van der Waals surface area contributed by atoms with E-state index in [2.05, 4.69) is 19.9 Å². The van der Waals surface area contributed by atoms with Crippen molar-refractivity contribution in [1.82, 2.24) is 0 Å². The van der Waals surface area contributed by atoms with Gasteiger partial charge < -0.3 is 94.4 Å². The van der Waals surface area contributed by atoms with Gasteiger partial charge in [0, 0.05) is 17.8 Å². The highest BCUT2D eigenvalue weighted by molar-refractivity contribution is 5.29. The Morgan fingerprint density at radius 2 is 1.38 bits per heavy atom. The van der Waals surface area contributed by atoms with Crippen LogP contribution < -0.4 is 0 Å². The van der Waals surface area contributed by atoms with Crippen LogP contribution in [0.15, 0.2) is 11.6 Å². The Morgan fingerprint density at radius 1 is 0.734 bits per heavy atom. The lowest BCUT2D eigenvalue weighted by atomic mass is 9.46. The highest BCUT2D eigenvalue weighted by atomic mass is 16.8. The van der Waals surface area contributed by atoms with Gasteiger partial charge in [0.1, 0.15) is 72.7 Å². The van der Waals surface area contributed by atoms with Crippen LogP contribution in [0.25, 0.3) is 0 Å². The van der Waals surface area contributed by atoms with Crippen LogP contribution in [0.1, 0.15) is 92.4 Å². The van der Waals surface area contributed by atoms with Gasteiger partial charge in [-0.25, -0.2) is 0 Å². The van der Waals surface area contributed by atoms with Crippen molar-refractivity contribution >= 4 is 0 Å². The van der Waals surface area contributed by atoms with Crippen molar-refractivity contribution in [2.24, 2.45) is 40.4 Å². The predicted octanol–water partition coefficient (Wildman–Crippen LogP) is -1.72. The molecule has 64 heavy (non-hydrogen) atoms. The Morgan fingerprint density at radius 3 is 2.06 bits per heavy atom. The fraction of sp³-hybridized carbons (Fsp3) is 0.956. The van der Waals surface area contributed by atoms with E-state index in [0.29, 0.717) is 31.6 Å². The quantitative estimate of drug-likeness (QED) is 0.0970. The number of hydrogen-bond acceptors (Lipinski definition) is 19. The van der Waals surface area contributed by atoms with Gasteiger partial charge in [-0.15, -0.1) is 0 Å². The van der Waals surface area contributed by atoms with Gasteiger partial charge in [-0.05, 0) is 87.4 Å². The van der Waals surface area contributed by atoms with E-state index in [1.165, 1.54) is 12.5 Å². The molecular weight excluding hydrogens is 844 g/mol. The summed E-state index contributed by atoms with van der Waals surface area (Å²) in [6.07, 6.45) is -13.8. The van der Waals surface area contributed by atoms with Crippen molar-refractivity contribution in [3.63, 3.8) is 0 Å². The molecule has 0 amide bonds. The minimum atomic E-state index is -1.67. The molecule has 0 aromatic heterocycles. The largest absolute Gasteiger partial charge is 0.394 e. The van der Waals surface area contributed by atoms with Crippen molar-refractivity contribution in [3.8, 4) is 0 Å². The zero-order chi connectivity index (χ0) is 46.4. The molecule has 26 unspecified atom stereocenters. The molecule has 19 heteroatoms. The number of rotatable bonds is 12. The van der Waals surface area contributed by atoms with Crippen LogP contribution in [-0.2, 0) is 33.2 Å². The molecule has 4 saturated heterocycles. The van der Waals surface area contributed by atoms with Gasteiger partial charge >= 0.3 is 0 Å². The van der Waals surface area contributed by atoms with Crippen molar-refractivity contribution in [3.05, 3.63) is 11.6 Å². The van der Waals surface area contributed by atoms with Crippen molar-refractivity contribution < 1.29 is 94.4 Å². The molecule has 8 rings (SSSR count). The highest BCUT2D eigenvalue weighted by Gasteiger charge is 2.75. The first-order valence-electron chi connectivity index (χ1n) is 23.5. The average molecular weight is 919 g/mol. The van der Waals surface area contributed by atoms with Gasteiger partial charge in [-0.1, -0.05) is 39.3 Å². The standard InChI is InChI=1S/C45H74O19/c1-19(18-58-39-36(54)34(52)31(49)27(16-46)61-39)8-13-44(56)21(3)45(57)29(64-44)15-26-24-7-6-22-14-23(9-11-42(22,4)25(24)10-12-43(26,45)5)60-41-38(35(53)32(50)28(17-47)62-41)63-40-37(55)33(51)30(48)20(2)59-40/h6,19-21,23-41,46-57H,7-18H2,1-5H3. The van der Waals surface area contributed by atoms with Crippen molar-refractivity contribution in [2.75, 3.05) is 19.8 Å². The van der Waals surface area contributed by atoms with E-state index in [4.69, 9.17) is 33.2 Å². The molecule has 0 bridgehead atoms. The molecule has 0 radical (unpaired) electrons. The first-order valence-corrected chi connectivity index (χ1v) is 23.5. The second kappa shape index (κ2) is 18.4. The van der Waals surface area contributed by atoms with Gasteiger partial charge in [0.15, 0.2) is 24.7 Å². The average Bonchev–Trinajstić information content (AvgIpc) is 3.62. The summed E-state index contributed by atoms with van der Waals surface area (Å²) >= 11 is 0. The summed E-state index contributed by atoms with van der Waals surface area (Å²) in [5.74, 6) is -1.61. The maximum absolute atomic E-state index is 12.8. The molecule has 0 spiro atoms. The number of aliphatic hydroxyl groups is 12. The molecule has 0 aromatic carbocycles. The summed E-state index contributed by atoms with van der Waals surface area (Å²) in [5.41, 5.74) is -0.710. The van der Waals surface area contributed by atoms with E-state index in [1.807, 2.05) is 13.8 Å². The maximum atomic E-state index is 12.8. The van der Waals surface area contributed by atoms with E-state index in [1.54, 1.807) is 0 Å². The maximum Gasteiger partial charge on any atom is 0.187 e. The molecule has 4 aliphatic carbocycles. The van der Waals surface area contributed by atoms with Gasteiger partial charge in [0.25, 0.3) is 0 Å². The molecular formula is C45H74O19. The zero-order valence-electron chi connectivity index (χ0n) is 37.5. The first kappa shape index (κ1) is 49.4. The summed E-state index contributed by atoms with van der Waals surface area (Å²) in [6.45, 7) is 8.70. The fourth-order valence-corrected chi connectivity index (χ4v) is 13.4. The Labute approximate surface area is 373 Å². The summed E-state index contributed by atoms with van der Waals surface area (Å²) in [5, 5.41) is 128. The van der Waals surface area contributed by atoms with Gasteiger partial charge in [0.2, 0.25) is 0 Å². The summed E-state index contributed by atoms with van der Waals surface area (Å²) < 4.78 is 41.8. The lowest BCUT2D eigenvalue weighted by Gasteiger charge is -2.59. The molecule has 368 valence electrons. The number of ether oxygens (including phenoxy) is 7. The van der Waals surface area contributed by atoms with E-state index >= 15 is 0 Å². The number of aliphatic hydroxyl groups excluding tert-OH is 10. The molecule has 19 nitrogen and oxygen atoms in total. The second-order valence-electron chi connectivity index (χ2n) is 21.1. The van der Waals surface area contributed by atoms with E-state index < -0.39 is 134 Å². The van der Waals surface area contributed by atoms with Crippen LogP contribution in [0, 0.1) is 40.4 Å². The highest BCUT2D eigenvalue weighted by Crippen LogP contribution is 2.71. The van der Waals surface area contributed by atoms with Crippen LogP contribution in [-0.4, -0.2) is 197 Å². The summed E-state index contributed by atoms with van der Waals surface area (Å²) in [6, 6.07) is 0. The lowest BCUT2D eigenvalue weighted by molar-refractivity contribution is -0.369. The number of allylic oxidation sites excluding steroid dienone is 1. The molecule has 12 N–H and O–H groups in total. The topological polar surface area (TPSA) is 307 Å². The summed E-state index contributed by atoms with van der Waals surface area (Å²) in [4.78, 5) is 0. The third kappa shape index (κ3) is 8.06. The molecule has 4 heterocycles. The van der Waals surface area contributed by atoms with Crippen LogP contribution in [0.4, 0.5) is 0 Å². The molecule has 4 aliphatic heterocycles. The fourth-order valence-electron chi connectivity index (χ4n) is 13.4. The van der Waals surface area contributed by atoms with Crippen molar-refractivity contribution in [1.29, 1.82) is 0 Å². The SMILES string of the molecule is CC(CCC1(O)OC2CC3C4CC=C5CC(OC6OC(CO)C(O)C(O)C6OC6OC(C)C(O)C(O)C6O)CCC5(C)C4CCC3(C)C2(O)C1C)COC1OC(CO)C(O)C(O)C1O. The third-order valence-electron chi connectivity index (χ3n) is 17.6. The Bertz CT molecular complexity index is 1660. The Kier molecular flexibility index (Phi) is 14.2. The molecule has 0 aromatic rings. The third-order valence-corrected chi connectivity index (χ3v) is 17.6. The first-order chi connectivity index (χ1) is 30.1.